The van der Waals surface area contributed by atoms with Crippen molar-refractivity contribution in [2.45, 2.75) is 19.6 Å². The van der Waals surface area contributed by atoms with E-state index >= 15 is 0 Å². The fraction of sp³-hybridized carbons (Fsp3) is 0.148. The summed E-state index contributed by atoms with van der Waals surface area (Å²) in [6.07, 6.45) is 1.46. The lowest BCUT2D eigenvalue weighted by molar-refractivity contribution is -0.113. The lowest BCUT2D eigenvalue weighted by Gasteiger charge is -2.29. The predicted octanol–water partition coefficient (Wildman–Crippen LogP) is 5.45. The van der Waals surface area contributed by atoms with E-state index in [0.717, 1.165) is 11.1 Å². The SMILES string of the molecule is COc1cc(C2C(C(=O)Nc3ccccc3)=C(C)Nc3ncnn32)ccc1OCc1cccc(Cl)c1. The van der Waals surface area contributed by atoms with Gasteiger partial charge < -0.3 is 20.1 Å². The van der Waals surface area contributed by atoms with Gasteiger partial charge in [0, 0.05) is 16.4 Å². The zero-order chi connectivity index (χ0) is 25.1. The average Bonchev–Trinajstić information content (AvgIpc) is 3.35. The minimum absolute atomic E-state index is 0.238. The van der Waals surface area contributed by atoms with Gasteiger partial charge in [-0.15, -0.1) is 0 Å². The molecule has 1 unspecified atom stereocenters. The molecule has 3 aromatic carbocycles. The Hall–Kier alpha value is -4.30. The number of carbonyl (C=O) groups excluding carboxylic acids is 1. The molecule has 1 aliphatic rings. The van der Waals surface area contributed by atoms with Crippen molar-refractivity contribution >= 4 is 29.1 Å². The Kier molecular flexibility index (Phi) is 6.60. The van der Waals surface area contributed by atoms with Crippen LogP contribution in [0, 0.1) is 0 Å². The second-order valence-electron chi connectivity index (χ2n) is 8.24. The molecule has 0 spiro atoms. The van der Waals surface area contributed by atoms with Crippen LogP contribution < -0.4 is 20.1 Å². The zero-order valence-corrected chi connectivity index (χ0v) is 20.5. The number of rotatable bonds is 7. The van der Waals surface area contributed by atoms with E-state index in [1.807, 2.05) is 79.7 Å². The van der Waals surface area contributed by atoms with Gasteiger partial charge in [0.25, 0.3) is 5.91 Å². The Morgan fingerprint density at radius 2 is 1.92 bits per heavy atom. The second-order valence-corrected chi connectivity index (χ2v) is 8.68. The molecule has 0 bridgehead atoms. The molecular formula is C27H24ClN5O3. The van der Waals surface area contributed by atoms with Crippen molar-refractivity contribution in [1.29, 1.82) is 0 Å². The summed E-state index contributed by atoms with van der Waals surface area (Å²) in [6, 6.07) is 21.9. The Morgan fingerprint density at radius 3 is 2.69 bits per heavy atom. The lowest BCUT2D eigenvalue weighted by atomic mass is 9.94. The number of hydrogen-bond acceptors (Lipinski definition) is 6. The van der Waals surface area contributed by atoms with Crippen molar-refractivity contribution in [3.05, 3.63) is 107 Å². The number of aromatic nitrogens is 3. The molecule has 0 saturated heterocycles. The van der Waals surface area contributed by atoms with Crippen molar-refractivity contribution in [2.24, 2.45) is 0 Å². The number of ether oxygens (including phenoxy) is 2. The third kappa shape index (κ3) is 4.76. The number of benzene rings is 3. The molecule has 0 saturated carbocycles. The van der Waals surface area contributed by atoms with Crippen LogP contribution in [0.25, 0.3) is 0 Å². The summed E-state index contributed by atoms with van der Waals surface area (Å²) >= 11 is 6.09. The summed E-state index contributed by atoms with van der Waals surface area (Å²) in [4.78, 5) is 17.8. The molecule has 8 nitrogen and oxygen atoms in total. The Balaban J connectivity index is 1.47. The van der Waals surface area contributed by atoms with Gasteiger partial charge in [-0.25, -0.2) is 4.68 Å². The number of fused-ring (bicyclic) bond motifs is 1. The first-order valence-electron chi connectivity index (χ1n) is 11.3. The van der Waals surface area contributed by atoms with Gasteiger partial charge in [-0.1, -0.05) is 48.0 Å². The van der Waals surface area contributed by atoms with Gasteiger partial charge in [0.1, 0.15) is 19.0 Å². The fourth-order valence-corrected chi connectivity index (χ4v) is 4.39. The van der Waals surface area contributed by atoms with Crippen molar-refractivity contribution in [3.8, 4) is 11.5 Å². The maximum absolute atomic E-state index is 13.5. The Bertz CT molecular complexity index is 1430. The minimum atomic E-state index is -0.525. The van der Waals surface area contributed by atoms with E-state index in [0.29, 0.717) is 46.0 Å². The molecule has 182 valence electrons. The van der Waals surface area contributed by atoms with Crippen LogP contribution >= 0.6 is 11.6 Å². The van der Waals surface area contributed by atoms with Crippen LogP contribution in [0.3, 0.4) is 0 Å². The van der Waals surface area contributed by atoms with Gasteiger partial charge >= 0.3 is 0 Å². The van der Waals surface area contributed by atoms with Crippen molar-refractivity contribution in [1.82, 2.24) is 14.8 Å². The summed E-state index contributed by atoms with van der Waals surface area (Å²) < 4.78 is 13.4. The highest BCUT2D eigenvalue weighted by molar-refractivity contribution is 6.30. The number of methoxy groups -OCH3 is 1. The van der Waals surface area contributed by atoms with Crippen LogP contribution in [-0.4, -0.2) is 27.8 Å². The number of allylic oxidation sites excluding steroid dienone is 1. The summed E-state index contributed by atoms with van der Waals surface area (Å²) in [5.74, 6) is 1.42. The Morgan fingerprint density at radius 1 is 1.08 bits per heavy atom. The molecule has 36 heavy (non-hydrogen) atoms. The van der Waals surface area contributed by atoms with Crippen LogP contribution in [0.2, 0.25) is 5.02 Å². The lowest BCUT2D eigenvalue weighted by Crippen LogP contribution is -2.31. The molecule has 0 aliphatic carbocycles. The molecule has 1 amide bonds. The van der Waals surface area contributed by atoms with E-state index in [4.69, 9.17) is 21.1 Å². The molecule has 0 fully saturated rings. The molecule has 1 aliphatic heterocycles. The van der Waals surface area contributed by atoms with E-state index < -0.39 is 6.04 Å². The van der Waals surface area contributed by atoms with E-state index in [9.17, 15) is 4.79 Å². The van der Waals surface area contributed by atoms with Gasteiger partial charge in [-0.2, -0.15) is 10.1 Å². The van der Waals surface area contributed by atoms with Crippen molar-refractivity contribution in [3.63, 3.8) is 0 Å². The molecule has 4 aromatic rings. The normalized spacial score (nSPS) is 14.6. The standard InChI is InChI=1S/C27H24ClN5O3/c1-17-24(26(34)32-21-9-4-3-5-10-21)25(33-27(31-17)29-16-30-33)19-11-12-22(23(14-19)35-2)36-15-18-7-6-8-20(28)13-18/h3-14,16,25H,15H2,1-2H3,(H,32,34)(H,29,30,31). The Labute approximate surface area is 213 Å². The molecule has 2 N–H and O–H groups in total. The average molecular weight is 502 g/mol. The molecule has 2 heterocycles. The number of anilines is 2. The number of amides is 1. The highest BCUT2D eigenvalue weighted by Gasteiger charge is 2.34. The zero-order valence-electron chi connectivity index (χ0n) is 19.7. The van der Waals surface area contributed by atoms with Gasteiger partial charge in [-0.3, -0.25) is 4.79 Å². The van der Waals surface area contributed by atoms with Crippen LogP contribution in [0.4, 0.5) is 11.6 Å². The van der Waals surface area contributed by atoms with Gasteiger partial charge in [0.05, 0.1) is 12.7 Å². The van der Waals surface area contributed by atoms with Gasteiger partial charge in [0.2, 0.25) is 5.95 Å². The van der Waals surface area contributed by atoms with Crippen LogP contribution in [-0.2, 0) is 11.4 Å². The van der Waals surface area contributed by atoms with Crippen molar-refractivity contribution < 1.29 is 14.3 Å². The highest BCUT2D eigenvalue weighted by atomic mass is 35.5. The molecule has 0 radical (unpaired) electrons. The first-order valence-corrected chi connectivity index (χ1v) is 11.7. The second kappa shape index (κ2) is 10.1. The number of nitrogens with zero attached hydrogens (tertiary/aromatic N) is 3. The third-order valence-corrected chi connectivity index (χ3v) is 6.09. The quantitative estimate of drug-likeness (QED) is 0.350. The number of hydrogen-bond donors (Lipinski definition) is 2. The van der Waals surface area contributed by atoms with Crippen LogP contribution in [0.5, 0.6) is 11.5 Å². The smallest absolute Gasteiger partial charge is 0.255 e. The molecule has 1 aromatic heterocycles. The molecule has 9 heteroatoms. The van der Waals surface area contributed by atoms with Gasteiger partial charge in [-0.05, 0) is 54.4 Å². The van der Waals surface area contributed by atoms with E-state index in [1.165, 1.54) is 6.33 Å². The maximum Gasteiger partial charge on any atom is 0.255 e. The fourth-order valence-electron chi connectivity index (χ4n) is 4.17. The van der Waals surface area contributed by atoms with Crippen molar-refractivity contribution in [2.75, 3.05) is 17.7 Å². The maximum atomic E-state index is 13.5. The number of nitrogens with one attached hydrogen (secondary N) is 2. The summed E-state index contributed by atoms with van der Waals surface area (Å²) in [5, 5.41) is 11.2. The van der Waals surface area contributed by atoms with E-state index in [-0.39, 0.29) is 5.91 Å². The van der Waals surface area contributed by atoms with E-state index in [1.54, 1.807) is 11.8 Å². The number of halogens is 1. The van der Waals surface area contributed by atoms with Gasteiger partial charge in [0.15, 0.2) is 11.5 Å². The molecular weight excluding hydrogens is 478 g/mol. The summed E-state index contributed by atoms with van der Waals surface area (Å²) in [5.41, 5.74) is 3.65. The van der Waals surface area contributed by atoms with E-state index in [2.05, 4.69) is 20.7 Å². The molecule has 5 rings (SSSR count). The summed E-state index contributed by atoms with van der Waals surface area (Å²) in [6.45, 7) is 2.19. The molecule has 1 atom stereocenters. The number of para-hydroxylation sites is 1. The van der Waals surface area contributed by atoms with Crippen LogP contribution in [0.1, 0.15) is 24.1 Å². The topological polar surface area (TPSA) is 90.3 Å². The largest absolute Gasteiger partial charge is 0.493 e. The summed E-state index contributed by atoms with van der Waals surface area (Å²) in [7, 11) is 1.58. The van der Waals surface area contributed by atoms with Crippen LogP contribution in [0.15, 0.2) is 90.4 Å². The predicted molar refractivity (Wildman–Crippen MR) is 138 cm³/mol. The highest BCUT2D eigenvalue weighted by Crippen LogP contribution is 2.39. The first-order chi connectivity index (χ1) is 17.5. The minimum Gasteiger partial charge on any atom is -0.493 e. The number of carbonyl (C=O) groups is 1. The third-order valence-electron chi connectivity index (χ3n) is 5.86. The monoisotopic (exact) mass is 501 g/mol. The first kappa shape index (κ1) is 23.4.